The number of hydrogen-bond donors (Lipinski definition) is 0. The van der Waals surface area contributed by atoms with Crippen LogP contribution in [0.25, 0.3) is 0 Å². The molecule has 0 radical (unpaired) electrons. The number of amides is 2. The van der Waals surface area contributed by atoms with Crippen LogP contribution in [0.3, 0.4) is 0 Å². The van der Waals surface area contributed by atoms with E-state index < -0.39 is 0 Å². The molecule has 2 saturated heterocycles. The SMILES string of the molecule is CCC[C@@H]1COC(=O)N1c1ccc(C(=O)N2CCN(c3ncc(C)cc3C)CC2)cc1. The number of carbonyl (C=O) groups excluding carboxylic acids is 2. The lowest BCUT2D eigenvalue weighted by atomic mass is 10.1. The Kier molecular flexibility index (Phi) is 6.11. The molecule has 3 heterocycles. The summed E-state index contributed by atoms with van der Waals surface area (Å²) in [5, 5.41) is 0. The van der Waals surface area contributed by atoms with Crippen LogP contribution >= 0.6 is 0 Å². The first kappa shape index (κ1) is 21.2. The minimum Gasteiger partial charge on any atom is -0.447 e. The summed E-state index contributed by atoms with van der Waals surface area (Å²) in [5.41, 5.74) is 3.74. The number of cyclic esters (lactones) is 1. The monoisotopic (exact) mass is 422 g/mol. The minimum absolute atomic E-state index is 0.0221. The fourth-order valence-electron chi connectivity index (χ4n) is 4.43. The van der Waals surface area contributed by atoms with E-state index in [1.165, 1.54) is 0 Å². The molecule has 0 N–H and O–H groups in total. The van der Waals surface area contributed by atoms with Gasteiger partial charge in [0.05, 0.1) is 6.04 Å². The molecule has 0 saturated carbocycles. The maximum Gasteiger partial charge on any atom is 0.414 e. The average Bonchev–Trinajstić information content (AvgIpc) is 3.14. The number of rotatable bonds is 5. The maximum absolute atomic E-state index is 13.0. The van der Waals surface area contributed by atoms with Crippen LogP contribution in [-0.4, -0.2) is 60.7 Å². The predicted octanol–water partition coefficient (Wildman–Crippen LogP) is 3.79. The highest BCUT2D eigenvalue weighted by Crippen LogP contribution is 2.26. The highest BCUT2D eigenvalue weighted by atomic mass is 16.6. The van der Waals surface area contributed by atoms with E-state index in [4.69, 9.17) is 4.74 Å². The number of piperazine rings is 1. The van der Waals surface area contributed by atoms with Gasteiger partial charge in [-0.15, -0.1) is 0 Å². The smallest absolute Gasteiger partial charge is 0.414 e. The van der Waals surface area contributed by atoms with Crippen LogP contribution in [0.2, 0.25) is 0 Å². The number of benzene rings is 1. The van der Waals surface area contributed by atoms with E-state index in [1.54, 1.807) is 4.90 Å². The number of ether oxygens (including phenoxy) is 1. The highest BCUT2D eigenvalue weighted by Gasteiger charge is 2.33. The van der Waals surface area contributed by atoms with E-state index in [-0.39, 0.29) is 18.0 Å². The molecule has 1 aromatic heterocycles. The molecule has 1 aromatic carbocycles. The molecule has 0 unspecified atom stereocenters. The standard InChI is InChI=1S/C24H30N4O3/c1-4-5-21-16-31-24(30)28(21)20-8-6-19(7-9-20)23(29)27-12-10-26(11-13-27)22-18(3)14-17(2)15-25-22/h6-9,14-15,21H,4-5,10-13,16H2,1-3H3/t21-/m1/s1. The molecule has 0 bridgehead atoms. The van der Waals surface area contributed by atoms with Gasteiger partial charge in [0.25, 0.3) is 5.91 Å². The summed E-state index contributed by atoms with van der Waals surface area (Å²) in [6, 6.07) is 9.51. The Morgan fingerprint density at radius 2 is 1.84 bits per heavy atom. The van der Waals surface area contributed by atoms with Gasteiger partial charge in [-0.3, -0.25) is 9.69 Å². The molecule has 2 aliphatic rings. The first-order valence-electron chi connectivity index (χ1n) is 11.0. The molecular weight excluding hydrogens is 392 g/mol. The van der Waals surface area contributed by atoms with Gasteiger partial charge in [0.2, 0.25) is 0 Å². The Morgan fingerprint density at radius 1 is 1.13 bits per heavy atom. The van der Waals surface area contributed by atoms with Crippen LogP contribution in [-0.2, 0) is 4.74 Å². The number of carbonyl (C=O) groups is 2. The molecule has 2 aromatic rings. The second-order valence-corrected chi connectivity index (χ2v) is 8.37. The van der Waals surface area contributed by atoms with Gasteiger partial charge in [-0.1, -0.05) is 19.4 Å². The molecule has 4 rings (SSSR count). The van der Waals surface area contributed by atoms with E-state index in [2.05, 4.69) is 29.8 Å². The Morgan fingerprint density at radius 3 is 2.48 bits per heavy atom. The summed E-state index contributed by atoms with van der Waals surface area (Å²) in [7, 11) is 0. The summed E-state index contributed by atoms with van der Waals surface area (Å²) < 4.78 is 5.22. The summed E-state index contributed by atoms with van der Waals surface area (Å²) in [6.45, 7) is 9.49. The lowest BCUT2D eigenvalue weighted by Gasteiger charge is -2.36. The van der Waals surface area contributed by atoms with E-state index in [1.807, 2.05) is 42.3 Å². The van der Waals surface area contributed by atoms with Crippen LogP contribution in [0.1, 0.15) is 41.3 Å². The summed E-state index contributed by atoms with van der Waals surface area (Å²) in [6.07, 6.45) is 3.46. The van der Waals surface area contributed by atoms with E-state index in [0.29, 0.717) is 25.3 Å². The van der Waals surface area contributed by atoms with Gasteiger partial charge in [-0.05, 0) is 55.7 Å². The molecular formula is C24H30N4O3. The van der Waals surface area contributed by atoms with Crippen molar-refractivity contribution in [1.82, 2.24) is 9.88 Å². The van der Waals surface area contributed by atoms with Gasteiger partial charge >= 0.3 is 6.09 Å². The third-order valence-electron chi connectivity index (χ3n) is 6.03. The van der Waals surface area contributed by atoms with Crippen LogP contribution in [0.5, 0.6) is 0 Å². The first-order valence-corrected chi connectivity index (χ1v) is 11.0. The zero-order valence-corrected chi connectivity index (χ0v) is 18.5. The quantitative estimate of drug-likeness (QED) is 0.734. The van der Waals surface area contributed by atoms with Gasteiger partial charge in [0.1, 0.15) is 12.4 Å². The molecule has 1 atom stereocenters. The molecule has 31 heavy (non-hydrogen) atoms. The summed E-state index contributed by atoms with van der Waals surface area (Å²) in [5.74, 6) is 1.02. The predicted molar refractivity (Wildman–Crippen MR) is 121 cm³/mol. The van der Waals surface area contributed by atoms with Crippen LogP contribution in [0.15, 0.2) is 36.5 Å². The van der Waals surface area contributed by atoms with Crippen molar-refractivity contribution in [3.8, 4) is 0 Å². The van der Waals surface area contributed by atoms with E-state index >= 15 is 0 Å². The number of aryl methyl sites for hydroxylation is 2. The Bertz CT molecular complexity index is 952. The van der Waals surface area contributed by atoms with E-state index in [0.717, 1.165) is 48.6 Å². The largest absolute Gasteiger partial charge is 0.447 e. The first-order chi connectivity index (χ1) is 15.0. The molecule has 2 aliphatic heterocycles. The fraction of sp³-hybridized carbons (Fsp3) is 0.458. The third-order valence-corrected chi connectivity index (χ3v) is 6.03. The zero-order chi connectivity index (χ0) is 22.0. The molecule has 7 heteroatoms. The van der Waals surface area contributed by atoms with Crippen molar-refractivity contribution < 1.29 is 14.3 Å². The van der Waals surface area contributed by atoms with Crippen molar-refractivity contribution in [3.63, 3.8) is 0 Å². The number of hydrogen-bond acceptors (Lipinski definition) is 5. The zero-order valence-electron chi connectivity index (χ0n) is 18.5. The van der Waals surface area contributed by atoms with Gasteiger partial charge in [-0.25, -0.2) is 9.78 Å². The summed E-state index contributed by atoms with van der Waals surface area (Å²) >= 11 is 0. The highest BCUT2D eigenvalue weighted by molar-refractivity contribution is 5.96. The lowest BCUT2D eigenvalue weighted by molar-refractivity contribution is 0.0746. The number of anilines is 2. The topological polar surface area (TPSA) is 66.0 Å². The van der Waals surface area contributed by atoms with Crippen molar-refractivity contribution in [2.24, 2.45) is 0 Å². The third kappa shape index (κ3) is 4.36. The molecule has 2 fully saturated rings. The normalized spacial score (nSPS) is 19.0. The number of nitrogens with zero attached hydrogens (tertiary/aromatic N) is 4. The van der Waals surface area contributed by atoms with Gasteiger partial charge < -0.3 is 14.5 Å². The Hall–Kier alpha value is -3.09. The lowest BCUT2D eigenvalue weighted by Crippen LogP contribution is -2.49. The average molecular weight is 423 g/mol. The van der Waals surface area contributed by atoms with Crippen molar-refractivity contribution >= 4 is 23.5 Å². The van der Waals surface area contributed by atoms with Crippen molar-refractivity contribution in [3.05, 3.63) is 53.2 Å². The maximum atomic E-state index is 13.0. The molecule has 0 spiro atoms. The van der Waals surface area contributed by atoms with Gasteiger partial charge in [0.15, 0.2) is 0 Å². The van der Waals surface area contributed by atoms with E-state index in [9.17, 15) is 9.59 Å². The van der Waals surface area contributed by atoms with Crippen LogP contribution in [0.4, 0.5) is 16.3 Å². The van der Waals surface area contributed by atoms with Crippen molar-refractivity contribution in [2.45, 2.75) is 39.7 Å². The molecule has 0 aliphatic carbocycles. The fourth-order valence-corrected chi connectivity index (χ4v) is 4.43. The second kappa shape index (κ2) is 8.96. The molecule has 2 amide bonds. The Labute approximate surface area is 183 Å². The van der Waals surface area contributed by atoms with Gasteiger partial charge in [0, 0.05) is 43.6 Å². The second-order valence-electron chi connectivity index (χ2n) is 8.37. The van der Waals surface area contributed by atoms with Crippen LogP contribution in [0, 0.1) is 13.8 Å². The molecule has 164 valence electrons. The number of pyridine rings is 1. The van der Waals surface area contributed by atoms with Crippen molar-refractivity contribution in [2.75, 3.05) is 42.6 Å². The summed E-state index contributed by atoms with van der Waals surface area (Å²) in [4.78, 5) is 35.6. The van der Waals surface area contributed by atoms with Gasteiger partial charge in [-0.2, -0.15) is 0 Å². The van der Waals surface area contributed by atoms with Crippen molar-refractivity contribution in [1.29, 1.82) is 0 Å². The van der Waals surface area contributed by atoms with Crippen LogP contribution < -0.4 is 9.80 Å². The Balaban J connectivity index is 1.39. The number of aromatic nitrogens is 1. The minimum atomic E-state index is -0.311. The molecule has 7 nitrogen and oxygen atoms in total.